The highest BCUT2D eigenvalue weighted by Gasteiger charge is 2.34. The number of amides is 1. The van der Waals surface area contributed by atoms with Crippen LogP contribution in [0.15, 0.2) is 57.8 Å². The molecule has 10 nitrogen and oxygen atoms in total. The van der Waals surface area contributed by atoms with Crippen LogP contribution in [0.25, 0.3) is 11.2 Å². The number of ether oxygens (including phenoxy) is 2. The van der Waals surface area contributed by atoms with Gasteiger partial charge in [-0.2, -0.15) is 4.98 Å². The van der Waals surface area contributed by atoms with E-state index in [1.807, 2.05) is 0 Å². The highest BCUT2D eigenvalue weighted by Crippen LogP contribution is 2.28. The highest BCUT2D eigenvalue weighted by molar-refractivity contribution is 6.30. The van der Waals surface area contributed by atoms with Crippen LogP contribution >= 0.6 is 11.6 Å². The van der Waals surface area contributed by atoms with Gasteiger partial charge in [-0.25, -0.2) is 4.79 Å². The molecule has 0 saturated carbocycles. The summed E-state index contributed by atoms with van der Waals surface area (Å²) < 4.78 is 52.0. The smallest absolute Gasteiger partial charge is 0.430 e. The van der Waals surface area contributed by atoms with Crippen LogP contribution in [0.3, 0.4) is 0 Å². The Hall–Kier alpha value is -3.84. The zero-order valence-corrected chi connectivity index (χ0v) is 21.8. The topological polar surface area (TPSA) is 109 Å². The van der Waals surface area contributed by atoms with Crippen LogP contribution in [0, 0.1) is 0 Å². The van der Waals surface area contributed by atoms with E-state index in [0.717, 1.165) is 10.1 Å². The van der Waals surface area contributed by atoms with Crippen molar-refractivity contribution < 1.29 is 27.4 Å². The summed E-state index contributed by atoms with van der Waals surface area (Å²) in [5.41, 5.74) is -0.400. The van der Waals surface area contributed by atoms with E-state index in [9.17, 15) is 27.6 Å². The molecule has 3 aromatic rings. The molecule has 0 bridgehead atoms. The van der Waals surface area contributed by atoms with Crippen molar-refractivity contribution in [1.82, 2.24) is 24.0 Å². The number of allylic oxidation sites excluding steroid dienone is 2. The molecule has 4 rings (SSSR count). The van der Waals surface area contributed by atoms with Crippen LogP contribution < -0.4 is 21.3 Å². The molecule has 0 saturated heterocycles. The van der Waals surface area contributed by atoms with E-state index in [0.29, 0.717) is 11.4 Å². The molecule has 1 aliphatic rings. The van der Waals surface area contributed by atoms with Crippen molar-refractivity contribution in [2.75, 3.05) is 6.54 Å². The lowest BCUT2D eigenvalue weighted by Gasteiger charge is -2.20. The van der Waals surface area contributed by atoms with Crippen LogP contribution in [-0.2, 0) is 29.7 Å². The molecule has 0 fully saturated rings. The highest BCUT2D eigenvalue weighted by atomic mass is 35.5. The Labute approximate surface area is 224 Å². The number of nitrogens with one attached hydrogen (secondary N) is 1. The second kappa shape index (κ2) is 11.5. The molecular formula is C25H25ClF3N5O5. The summed E-state index contributed by atoms with van der Waals surface area (Å²) >= 11 is 6.01. The van der Waals surface area contributed by atoms with Crippen LogP contribution in [-0.4, -0.2) is 43.6 Å². The first-order chi connectivity index (χ1) is 18.4. The maximum absolute atomic E-state index is 13.6. The Morgan fingerprint density at radius 1 is 1.21 bits per heavy atom. The third-order valence-electron chi connectivity index (χ3n) is 5.90. The van der Waals surface area contributed by atoms with Crippen molar-refractivity contribution >= 4 is 28.7 Å². The number of halogens is 4. The largest absolute Gasteiger partial charge is 0.523 e. The molecule has 1 unspecified atom stereocenters. The molecule has 2 aromatic heterocycles. The monoisotopic (exact) mass is 567 g/mol. The first kappa shape index (κ1) is 28.2. The number of carbonyl (C=O) groups is 1. The second-order valence-electron chi connectivity index (χ2n) is 8.84. The predicted molar refractivity (Wildman–Crippen MR) is 136 cm³/mol. The van der Waals surface area contributed by atoms with E-state index in [1.54, 1.807) is 24.3 Å². The van der Waals surface area contributed by atoms with E-state index in [2.05, 4.69) is 15.0 Å². The number of hydrogen-bond acceptors (Lipinski definition) is 6. The number of fused-ring (bicyclic) bond motifs is 1. The van der Waals surface area contributed by atoms with Gasteiger partial charge in [0.05, 0.1) is 12.6 Å². The standard InChI is InChI=1S/C25H25ClF3N5O5/c1-15(35)30-11-4-12-33-22(36)20-21(32(2)24(33)37)31-23(34(20)14-16-7-9-17(26)10-8-16)38-18-5-3-6-19(13-18)39-25(27,28)29/h3,5-10,19H,4,11-14H2,1-2H3,(H,30,35). The summed E-state index contributed by atoms with van der Waals surface area (Å²) in [7, 11) is 1.45. The molecule has 1 aliphatic carbocycles. The molecule has 1 N–H and O–H groups in total. The number of benzene rings is 1. The van der Waals surface area contributed by atoms with Crippen molar-refractivity contribution in [3.63, 3.8) is 0 Å². The van der Waals surface area contributed by atoms with Crippen LogP contribution in [0.2, 0.25) is 5.02 Å². The van der Waals surface area contributed by atoms with Gasteiger partial charge in [0, 0.05) is 38.5 Å². The Bertz CT molecular complexity index is 1550. The lowest BCUT2D eigenvalue weighted by atomic mass is 10.1. The number of alkyl halides is 3. The van der Waals surface area contributed by atoms with Gasteiger partial charge >= 0.3 is 18.1 Å². The van der Waals surface area contributed by atoms with Gasteiger partial charge in [-0.15, -0.1) is 13.2 Å². The molecule has 1 amide bonds. The quantitative estimate of drug-likeness (QED) is 0.398. The number of nitrogens with zero attached hydrogens (tertiary/aromatic N) is 4. The van der Waals surface area contributed by atoms with Crippen LogP contribution in [0.4, 0.5) is 13.2 Å². The molecule has 0 aliphatic heterocycles. The van der Waals surface area contributed by atoms with Crippen molar-refractivity contribution in [3.05, 3.63) is 79.7 Å². The van der Waals surface area contributed by atoms with Gasteiger partial charge in [0.15, 0.2) is 11.2 Å². The summed E-state index contributed by atoms with van der Waals surface area (Å²) in [4.78, 5) is 42.1. The SMILES string of the molecule is CC(=O)NCCCn1c(=O)c2c(nc(OC3=CC=CC(OC(F)(F)F)C3)n2Cc2ccc(Cl)cc2)n(C)c1=O. The van der Waals surface area contributed by atoms with Crippen LogP contribution in [0.5, 0.6) is 6.01 Å². The molecule has 2 heterocycles. The van der Waals surface area contributed by atoms with Gasteiger partial charge in [-0.05, 0) is 30.2 Å². The zero-order chi connectivity index (χ0) is 28.3. The van der Waals surface area contributed by atoms with E-state index in [1.165, 1.54) is 41.3 Å². The number of imidazole rings is 1. The molecule has 1 atom stereocenters. The van der Waals surface area contributed by atoms with Gasteiger partial charge in [-0.1, -0.05) is 35.9 Å². The first-order valence-electron chi connectivity index (χ1n) is 11.9. The van der Waals surface area contributed by atoms with Crippen molar-refractivity contribution in [1.29, 1.82) is 0 Å². The van der Waals surface area contributed by atoms with E-state index < -0.39 is 23.7 Å². The molecule has 208 valence electrons. The van der Waals surface area contributed by atoms with E-state index in [-0.39, 0.29) is 54.9 Å². The average molecular weight is 568 g/mol. The van der Waals surface area contributed by atoms with Gasteiger partial charge < -0.3 is 10.1 Å². The third kappa shape index (κ3) is 6.79. The normalized spacial score (nSPS) is 15.4. The van der Waals surface area contributed by atoms with Crippen molar-refractivity contribution in [3.8, 4) is 6.01 Å². The summed E-state index contributed by atoms with van der Waals surface area (Å²) in [6, 6.07) is 6.72. The van der Waals surface area contributed by atoms with E-state index >= 15 is 0 Å². The first-order valence-corrected chi connectivity index (χ1v) is 12.3. The van der Waals surface area contributed by atoms with E-state index in [4.69, 9.17) is 16.3 Å². The summed E-state index contributed by atoms with van der Waals surface area (Å²) in [5.74, 6) is -0.108. The Morgan fingerprint density at radius 2 is 1.92 bits per heavy atom. The van der Waals surface area contributed by atoms with Gasteiger partial charge in [-0.3, -0.25) is 28.0 Å². The number of aromatic nitrogens is 4. The molecule has 0 radical (unpaired) electrons. The molecule has 0 spiro atoms. The van der Waals surface area contributed by atoms with Gasteiger partial charge in [0.2, 0.25) is 5.91 Å². The minimum atomic E-state index is -4.83. The maximum Gasteiger partial charge on any atom is 0.523 e. The Balaban J connectivity index is 1.76. The Kier molecular flexibility index (Phi) is 8.31. The number of rotatable bonds is 9. The molecule has 14 heteroatoms. The van der Waals surface area contributed by atoms with Crippen molar-refractivity contribution in [2.24, 2.45) is 7.05 Å². The minimum Gasteiger partial charge on any atom is -0.430 e. The van der Waals surface area contributed by atoms with Gasteiger partial charge in [0.1, 0.15) is 5.76 Å². The lowest BCUT2D eigenvalue weighted by Crippen LogP contribution is -2.40. The summed E-state index contributed by atoms with van der Waals surface area (Å²) in [5, 5.41) is 3.12. The Morgan fingerprint density at radius 3 is 2.59 bits per heavy atom. The predicted octanol–water partition coefficient (Wildman–Crippen LogP) is 3.25. The number of aryl methyl sites for hydroxylation is 1. The fourth-order valence-corrected chi connectivity index (χ4v) is 4.24. The zero-order valence-electron chi connectivity index (χ0n) is 21.0. The van der Waals surface area contributed by atoms with Crippen LogP contribution in [0.1, 0.15) is 25.3 Å². The maximum atomic E-state index is 13.6. The lowest BCUT2D eigenvalue weighted by molar-refractivity contribution is -0.336. The number of hydrogen-bond donors (Lipinski definition) is 1. The number of carbonyl (C=O) groups excluding carboxylic acids is 1. The second-order valence-corrected chi connectivity index (χ2v) is 9.28. The summed E-state index contributed by atoms with van der Waals surface area (Å²) in [6.07, 6.45) is -1.94. The fourth-order valence-electron chi connectivity index (χ4n) is 4.11. The minimum absolute atomic E-state index is 0.0381. The summed E-state index contributed by atoms with van der Waals surface area (Å²) in [6.45, 7) is 1.76. The fraction of sp³-hybridized carbons (Fsp3) is 0.360. The molecular weight excluding hydrogens is 543 g/mol. The van der Waals surface area contributed by atoms with Crippen molar-refractivity contribution in [2.45, 2.75) is 45.3 Å². The molecule has 1 aromatic carbocycles. The molecule has 39 heavy (non-hydrogen) atoms. The van der Waals surface area contributed by atoms with Gasteiger partial charge in [0.25, 0.3) is 5.56 Å². The third-order valence-corrected chi connectivity index (χ3v) is 6.15. The average Bonchev–Trinajstić information content (AvgIpc) is 3.20.